The summed E-state index contributed by atoms with van der Waals surface area (Å²) < 4.78 is 0. The average molecular weight is 346 g/mol. The normalized spacial score (nSPS) is 13.6. The molecule has 4 nitrogen and oxygen atoms in total. The second kappa shape index (κ2) is 7.14. The molecule has 0 unspecified atom stereocenters. The molecule has 0 fully saturated rings. The van der Waals surface area contributed by atoms with E-state index in [0.29, 0.717) is 25.9 Å². The standard InChI is InChI=1S/C19H20ClNO3/c20-16-6-4-13(5-7-16)2-1-3-19(24)21-9-8-14-10-17(22)18(23)11-15(14)12-21/h4-7,10-11,22-23H,1-3,8-9,12H2. The van der Waals surface area contributed by atoms with Gasteiger partial charge in [-0.05, 0) is 60.2 Å². The van der Waals surface area contributed by atoms with Crippen LogP contribution in [0.25, 0.3) is 0 Å². The molecule has 0 radical (unpaired) electrons. The van der Waals surface area contributed by atoms with Gasteiger partial charge in [-0.3, -0.25) is 4.79 Å². The second-order valence-corrected chi connectivity index (χ2v) is 6.59. The summed E-state index contributed by atoms with van der Waals surface area (Å²) in [5.41, 5.74) is 3.08. The maximum Gasteiger partial charge on any atom is 0.222 e. The number of nitrogens with zero attached hydrogens (tertiary/aromatic N) is 1. The van der Waals surface area contributed by atoms with Crippen molar-refractivity contribution in [1.29, 1.82) is 0 Å². The molecule has 0 spiro atoms. The monoisotopic (exact) mass is 345 g/mol. The molecule has 0 bridgehead atoms. The topological polar surface area (TPSA) is 60.8 Å². The number of carbonyl (C=O) groups excluding carboxylic acids is 1. The summed E-state index contributed by atoms with van der Waals surface area (Å²) in [5, 5.41) is 19.9. The van der Waals surface area contributed by atoms with Crippen molar-refractivity contribution in [3.8, 4) is 11.5 Å². The Kier molecular flexibility index (Phi) is 4.95. The van der Waals surface area contributed by atoms with Gasteiger partial charge in [0.15, 0.2) is 11.5 Å². The molecule has 1 amide bonds. The molecule has 0 saturated heterocycles. The predicted octanol–water partition coefficient (Wildman–Crippen LogP) is 3.66. The Labute approximate surface area is 146 Å². The number of rotatable bonds is 4. The third kappa shape index (κ3) is 3.82. The Balaban J connectivity index is 1.54. The molecular weight excluding hydrogens is 326 g/mol. The van der Waals surface area contributed by atoms with Crippen molar-refractivity contribution in [2.75, 3.05) is 6.54 Å². The number of carbonyl (C=O) groups is 1. The third-order valence-corrected chi connectivity index (χ3v) is 4.68. The van der Waals surface area contributed by atoms with E-state index >= 15 is 0 Å². The lowest BCUT2D eigenvalue weighted by Crippen LogP contribution is -2.35. The van der Waals surface area contributed by atoms with Crippen LogP contribution in [0.1, 0.15) is 29.5 Å². The van der Waals surface area contributed by atoms with E-state index in [-0.39, 0.29) is 17.4 Å². The first-order chi connectivity index (χ1) is 11.5. The van der Waals surface area contributed by atoms with Crippen LogP contribution < -0.4 is 0 Å². The molecule has 0 saturated carbocycles. The molecule has 2 aromatic carbocycles. The first kappa shape index (κ1) is 16.7. The highest BCUT2D eigenvalue weighted by Crippen LogP contribution is 2.31. The highest BCUT2D eigenvalue weighted by molar-refractivity contribution is 6.30. The van der Waals surface area contributed by atoms with Crippen LogP contribution in [-0.2, 0) is 24.2 Å². The zero-order valence-electron chi connectivity index (χ0n) is 13.3. The zero-order valence-corrected chi connectivity index (χ0v) is 14.1. The van der Waals surface area contributed by atoms with Gasteiger partial charge in [0.1, 0.15) is 0 Å². The molecule has 1 aliphatic heterocycles. The van der Waals surface area contributed by atoms with Gasteiger partial charge >= 0.3 is 0 Å². The van der Waals surface area contributed by atoms with Crippen molar-refractivity contribution in [1.82, 2.24) is 4.90 Å². The van der Waals surface area contributed by atoms with Crippen molar-refractivity contribution < 1.29 is 15.0 Å². The minimum atomic E-state index is -0.134. The van der Waals surface area contributed by atoms with Gasteiger partial charge in [-0.1, -0.05) is 23.7 Å². The lowest BCUT2D eigenvalue weighted by molar-refractivity contribution is -0.132. The van der Waals surface area contributed by atoms with E-state index in [1.807, 2.05) is 29.2 Å². The first-order valence-electron chi connectivity index (χ1n) is 8.09. The van der Waals surface area contributed by atoms with Crippen molar-refractivity contribution in [2.45, 2.75) is 32.2 Å². The van der Waals surface area contributed by atoms with Crippen molar-refractivity contribution in [3.05, 3.63) is 58.1 Å². The minimum absolute atomic E-state index is 0.100. The molecule has 3 rings (SSSR count). The largest absolute Gasteiger partial charge is 0.504 e. The Morgan fingerprint density at radius 1 is 1.08 bits per heavy atom. The van der Waals surface area contributed by atoms with Crippen LogP contribution in [0, 0.1) is 0 Å². The van der Waals surface area contributed by atoms with E-state index < -0.39 is 0 Å². The highest BCUT2D eigenvalue weighted by atomic mass is 35.5. The Morgan fingerprint density at radius 2 is 1.75 bits per heavy atom. The summed E-state index contributed by atoms with van der Waals surface area (Å²) >= 11 is 5.87. The average Bonchev–Trinajstić information content (AvgIpc) is 2.57. The van der Waals surface area contributed by atoms with Gasteiger partial charge in [0.05, 0.1) is 0 Å². The Morgan fingerprint density at radius 3 is 2.46 bits per heavy atom. The summed E-state index contributed by atoms with van der Waals surface area (Å²) in [6.45, 7) is 1.14. The van der Waals surface area contributed by atoms with E-state index in [0.717, 1.165) is 29.0 Å². The van der Waals surface area contributed by atoms with Crippen LogP contribution in [0.4, 0.5) is 0 Å². The molecule has 5 heteroatoms. The van der Waals surface area contributed by atoms with Crippen LogP contribution in [-0.4, -0.2) is 27.6 Å². The van der Waals surface area contributed by atoms with Crippen molar-refractivity contribution >= 4 is 17.5 Å². The fourth-order valence-corrected chi connectivity index (χ4v) is 3.18. The maximum absolute atomic E-state index is 12.4. The molecule has 1 aliphatic rings. The lowest BCUT2D eigenvalue weighted by atomic mass is 9.98. The molecular formula is C19H20ClNO3. The molecule has 126 valence electrons. The zero-order chi connectivity index (χ0) is 17.1. The van der Waals surface area contributed by atoms with Crippen LogP contribution in [0.3, 0.4) is 0 Å². The summed E-state index contributed by atoms with van der Waals surface area (Å²) in [5.74, 6) is -0.107. The summed E-state index contributed by atoms with van der Waals surface area (Å²) in [4.78, 5) is 14.2. The number of fused-ring (bicyclic) bond motifs is 1. The van der Waals surface area contributed by atoms with Crippen LogP contribution in [0.5, 0.6) is 11.5 Å². The number of aryl methyl sites for hydroxylation is 1. The summed E-state index contributed by atoms with van der Waals surface area (Å²) in [6.07, 6.45) is 2.85. The smallest absolute Gasteiger partial charge is 0.222 e. The highest BCUT2D eigenvalue weighted by Gasteiger charge is 2.21. The fourth-order valence-electron chi connectivity index (χ4n) is 3.05. The van der Waals surface area contributed by atoms with Gasteiger partial charge in [0.2, 0.25) is 5.91 Å². The molecule has 2 aromatic rings. The van der Waals surface area contributed by atoms with E-state index in [2.05, 4.69) is 0 Å². The number of aromatic hydroxyl groups is 2. The first-order valence-corrected chi connectivity index (χ1v) is 8.46. The lowest BCUT2D eigenvalue weighted by Gasteiger charge is -2.29. The molecule has 2 N–H and O–H groups in total. The van der Waals surface area contributed by atoms with Crippen molar-refractivity contribution in [3.63, 3.8) is 0 Å². The maximum atomic E-state index is 12.4. The number of phenols is 2. The minimum Gasteiger partial charge on any atom is -0.504 e. The number of phenolic OH excluding ortho intramolecular Hbond substituents is 2. The third-order valence-electron chi connectivity index (χ3n) is 4.43. The quantitative estimate of drug-likeness (QED) is 0.831. The molecule has 24 heavy (non-hydrogen) atoms. The molecule has 0 aromatic heterocycles. The van der Waals surface area contributed by atoms with E-state index in [1.54, 1.807) is 12.1 Å². The Hall–Kier alpha value is -2.20. The number of halogens is 1. The van der Waals surface area contributed by atoms with Gasteiger partial charge in [-0.25, -0.2) is 0 Å². The second-order valence-electron chi connectivity index (χ2n) is 6.15. The van der Waals surface area contributed by atoms with E-state index in [4.69, 9.17) is 11.6 Å². The SMILES string of the molecule is O=C(CCCc1ccc(Cl)cc1)N1CCc2cc(O)c(O)cc2C1. The molecule has 0 atom stereocenters. The molecule has 0 aliphatic carbocycles. The number of hydrogen-bond donors (Lipinski definition) is 2. The van der Waals surface area contributed by atoms with Gasteiger partial charge < -0.3 is 15.1 Å². The van der Waals surface area contributed by atoms with Gasteiger partial charge in [-0.15, -0.1) is 0 Å². The van der Waals surface area contributed by atoms with Crippen molar-refractivity contribution in [2.24, 2.45) is 0 Å². The van der Waals surface area contributed by atoms with E-state index in [1.165, 1.54) is 5.56 Å². The van der Waals surface area contributed by atoms with E-state index in [9.17, 15) is 15.0 Å². The summed E-state index contributed by atoms with van der Waals surface area (Å²) in [6, 6.07) is 10.8. The number of benzene rings is 2. The van der Waals surface area contributed by atoms with Gasteiger partial charge in [0, 0.05) is 24.5 Å². The number of hydrogen-bond acceptors (Lipinski definition) is 3. The van der Waals surface area contributed by atoms with Crippen LogP contribution in [0.15, 0.2) is 36.4 Å². The Bertz CT molecular complexity index is 743. The fraction of sp³-hybridized carbons (Fsp3) is 0.316. The van der Waals surface area contributed by atoms with Crippen LogP contribution in [0.2, 0.25) is 5.02 Å². The van der Waals surface area contributed by atoms with Gasteiger partial charge in [0.25, 0.3) is 0 Å². The number of amides is 1. The molecule has 1 heterocycles. The van der Waals surface area contributed by atoms with Gasteiger partial charge in [-0.2, -0.15) is 0 Å². The summed E-state index contributed by atoms with van der Waals surface area (Å²) in [7, 11) is 0. The predicted molar refractivity (Wildman–Crippen MR) is 93.3 cm³/mol. The van der Waals surface area contributed by atoms with Crippen LogP contribution >= 0.6 is 11.6 Å².